The van der Waals surface area contributed by atoms with Gasteiger partial charge in [-0.2, -0.15) is 15.0 Å². The van der Waals surface area contributed by atoms with Gasteiger partial charge in [0.05, 0.1) is 0 Å². The summed E-state index contributed by atoms with van der Waals surface area (Å²) in [5.74, 6) is 0.316. The van der Waals surface area contributed by atoms with Crippen LogP contribution < -0.4 is 10.2 Å². The minimum atomic E-state index is -1.91. The lowest BCUT2D eigenvalue weighted by molar-refractivity contribution is 0.207. The number of hydrogen-bond acceptors (Lipinski definition) is 6. The second kappa shape index (κ2) is 5.58. The van der Waals surface area contributed by atoms with Gasteiger partial charge in [-0.25, -0.2) is 0 Å². The van der Waals surface area contributed by atoms with E-state index in [9.17, 15) is 5.11 Å². The zero-order valence-corrected chi connectivity index (χ0v) is 11.8. The van der Waals surface area contributed by atoms with E-state index in [-0.39, 0.29) is 11.2 Å². The largest absolute Gasteiger partial charge is 0.369 e. The lowest BCUT2D eigenvalue weighted by atomic mass is 10.6. The highest BCUT2D eigenvalue weighted by atomic mass is 35.6. The summed E-state index contributed by atoms with van der Waals surface area (Å²) in [6.45, 7) is 0. The maximum absolute atomic E-state index is 9.50. The number of aliphatic hydroxyl groups is 1. The van der Waals surface area contributed by atoms with Crippen LogP contribution in [0, 0.1) is 0 Å². The third-order valence-corrected chi connectivity index (χ3v) is 2.36. The molecule has 1 rings (SSSR count). The van der Waals surface area contributed by atoms with Gasteiger partial charge >= 0.3 is 0 Å². The van der Waals surface area contributed by atoms with Crippen LogP contribution in [0.15, 0.2) is 0 Å². The van der Waals surface area contributed by atoms with Gasteiger partial charge in [-0.05, 0) is 11.6 Å². The maximum atomic E-state index is 9.50. The van der Waals surface area contributed by atoms with E-state index in [0.717, 1.165) is 0 Å². The Balaban J connectivity index is 2.92. The van der Waals surface area contributed by atoms with E-state index in [0.29, 0.717) is 5.95 Å². The molecule has 0 bridgehead atoms. The molecule has 0 amide bonds. The van der Waals surface area contributed by atoms with Crippen LogP contribution in [-0.2, 0) is 0 Å². The number of anilines is 2. The molecule has 0 aliphatic rings. The van der Waals surface area contributed by atoms with Gasteiger partial charge in [0.1, 0.15) is 0 Å². The molecule has 96 valence electrons. The quantitative estimate of drug-likeness (QED) is 0.652. The van der Waals surface area contributed by atoms with Crippen molar-refractivity contribution in [2.75, 3.05) is 24.3 Å². The van der Waals surface area contributed by atoms with E-state index >= 15 is 0 Å². The highest BCUT2D eigenvalue weighted by Gasteiger charge is 2.31. The van der Waals surface area contributed by atoms with Crippen LogP contribution in [-0.4, -0.2) is 44.2 Å². The Kier molecular flexibility index (Phi) is 4.86. The van der Waals surface area contributed by atoms with Crippen LogP contribution in [0.1, 0.15) is 0 Å². The minimum Gasteiger partial charge on any atom is -0.369 e. The third-order valence-electron chi connectivity index (χ3n) is 1.57. The zero-order valence-electron chi connectivity index (χ0n) is 8.83. The van der Waals surface area contributed by atoms with E-state index in [1.54, 1.807) is 19.0 Å². The first-order valence-corrected chi connectivity index (χ1v) is 5.81. The van der Waals surface area contributed by atoms with Crippen molar-refractivity contribution in [3.63, 3.8) is 0 Å². The lowest BCUT2D eigenvalue weighted by Gasteiger charge is -2.20. The van der Waals surface area contributed by atoms with E-state index < -0.39 is 10.0 Å². The van der Waals surface area contributed by atoms with Crippen molar-refractivity contribution in [2.24, 2.45) is 0 Å². The predicted octanol–water partition coefficient (Wildman–Crippen LogP) is 1.69. The summed E-state index contributed by atoms with van der Waals surface area (Å²) in [4.78, 5) is 13.2. The summed E-state index contributed by atoms with van der Waals surface area (Å²) in [6, 6.07) is 0. The summed E-state index contributed by atoms with van der Waals surface area (Å²) in [7, 11) is 3.45. The van der Waals surface area contributed by atoms with E-state index in [1.165, 1.54) is 0 Å². The summed E-state index contributed by atoms with van der Waals surface area (Å²) < 4.78 is -1.91. The second-order valence-corrected chi connectivity index (χ2v) is 5.92. The monoisotopic (exact) mass is 319 g/mol. The third kappa shape index (κ3) is 4.48. The second-order valence-electron chi connectivity index (χ2n) is 3.21. The number of alkyl halides is 3. The van der Waals surface area contributed by atoms with Crippen molar-refractivity contribution in [3.05, 3.63) is 5.28 Å². The molecule has 0 aliphatic heterocycles. The van der Waals surface area contributed by atoms with Gasteiger partial charge in [-0.15, -0.1) is 0 Å². The first-order chi connectivity index (χ1) is 7.70. The minimum absolute atomic E-state index is 0.00697. The Bertz CT molecular complexity index is 396. The highest BCUT2D eigenvalue weighted by Crippen LogP contribution is 2.30. The molecular formula is C7H9Cl4N5O. The van der Waals surface area contributed by atoms with Gasteiger partial charge in [0, 0.05) is 14.1 Å². The SMILES string of the molecule is CN(C)c1nc(Cl)nc(NC(O)C(Cl)(Cl)Cl)n1. The number of hydrogen-bond donors (Lipinski definition) is 2. The van der Waals surface area contributed by atoms with Crippen molar-refractivity contribution in [1.82, 2.24) is 15.0 Å². The molecule has 0 radical (unpaired) electrons. The Hall–Kier alpha value is -0.270. The number of rotatable bonds is 3. The maximum Gasteiger partial charge on any atom is 0.234 e. The molecule has 1 unspecified atom stereocenters. The number of halogens is 4. The summed E-state index contributed by atoms with van der Waals surface area (Å²) in [5, 5.41) is 11.9. The molecule has 0 aromatic carbocycles. The number of aromatic nitrogens is 3. The average molecular weight is 321 g/mol. The van der Waals surface area contributed by atoms with Crippen LogP contribution in [0.5, 0.6) is 0 Å². The van der Waals surface area contributed by atoms with Gasteiger partial charge in [0.2, 0.25) is 21.0 Å². The number of nitrogens with zero attached hydrogens (tertiary/aromatic N) is 4. The van der Waals surface area contributed by atoms with Gasteiger partial charge < -0.3 is 15.3 Å². The lowest BCUT2D eigenvalue weighted by Crippen LogP contribution is -2.34. The van der Waals surface area contributed by atoms with Gasteiger partial charge in [-0.1, -0.05) is 34.8 Å². The molecule has 0 spiro atoms. The molecule has 0 aliphatic carbocycles. The average Bonchev–Trinajstić information content (AvgIpc) is 2.14. The van der Waals surface area contributed by atoms with Gasteiger partial charge in [-0.3, -0.25) is 0 Å². The van der Waals surface area contributed by atoms with Gasteiger partial charge in [0.15, 0.2) is 6.23 Å². The Morgan fingerprint density at radius 2 is 1.82 bits per heavy atom. The fourth-order valence-electron chi connectivity index (χ4n) is 0.808. The van der Waals surface area contributed by atoms with Crippen molar-refractivity contribution in [2.45, 2.75) is 10.0 Å². The van der Waals surface area contributed by atoms with Crippen LogP contribution in [0.2, 0.25) is 5.28 Å². The first kappa shape index (κ1) is 14.8. The summed E-state index contributed by atoms with van der Waals surface area (Å²) in [5.41, 5.74) is 0. The highest BCUT2D eigenvalue weighted by molar-refractivity contribution is 6.68. The Morgan fingerprint density at radius 3 is 2.29 bits per heavy atom. The van der Waals surface area contributed by atoms with E-state index in [1.807, 2.05) is 0 Å². The summed E-state index contributed by atoms with van der Waals surface area (Å²) >= 11 is 22.1. The fraction of sp³-hybridized carbons (Fsp3) is 0.571. The molecule has 1 atom stereocenters. The molecule has 1 heterocycles. The van der Waals surface area contributed by atoms with Crippen LogP contribution >= 0.6 is 46.4 Å². The van der Waals surface area contributed by atoms with Crippen LogP contribution in [0.25, 0.3) is 0 Å². The smallest absolute Gasteiger partial charge is 0.234 e. The van der Waals surface area contributed by atoms with Crippen LogP contribution in [0.3, 0.4) is 0 Å². The molecule has 0 saturated carbocycles. The van der Waals surface area contributed by atoms with E-state index in [2.05, 4.69) is 20.3 Å². The molecule has 1 aromatic heterocycles. The van der Waals surface area contributed by atoms with E-state index in [4.69, 9.17) is 46.4 Å². The van der Waals surface area contributed by atoms with Crippen LogP contribution in [0.4, 0.5) is 11.9 Å². The molecule has 2 N–H and O–H groups in total. The standard InChI is InChI=1S/C7H9Cl4N5O/c1-16(2)6-14-4(8)13-5(15-6)12-3(17)7(9,10)11/h3,17H,1-2H3,(H,12,13,14,15). The zero-order chi connectivity index (χ0) is 13.2. The summed E-state index contributed by atoms with van der Waals surface area (Å²) in [6.07, 6.45) is -1.47. The Labute approximate surface area is 118 Å². The van der Waals surface area contributed by atoms with Gasteiger partial charge in [0.25, 0.3) is 0 Å². The fourth-order valence-corrected chi connectivity index (χ4v) is 1.13. The number of aliphatic hydroxyl groups excluding tert-OH is 1. The predicted molar refractivity (Wildman–Crippen MR) is 69.1 cm³/mol. The molecule has 1 aromatic rings. The topological polar surface area (TPSA) is 74.2 Å². The van der Waals surface area contributed by atoms with Crippen molar-refractivity contribution < 1.29 is 5.11 Å². The first-order valence-electron chi connectivity index (χ1n) is 4.30. The van der Waals surface area contributed by atoms with Crippen molar-refractivity contribution >= 4 is 58.3 Å². The Morgan fingerprint density at radius 1 is 1.24 bits per heavy atom. The van der Waals surface area contributed by atoms with Crippen molar-refractivity contribution in [1.29, 1.82) is 0 Å². The molecule has 17 heavy (non-hydrogen) atoms. The molecule has 0 fully saturated rings. The molecular weight excluding hydrogens is 312 g/mol. The van der Waals surface area contributed by atoms with Crippen molar-refractivity contribution in [3.8, 4) is 0 Å². The normalized spacial score (nSPS) is 13.4. The number of nitrogens with one attached hydrogen (secondary N) is 1. The molecule has 0 saturated heterocycles. The molecule has 6 nitrogen and oxygen atoms in total. The molecule has 10 heteroatoms.